The third-order valence-corrected chi connectivity index (χ3v) is 5.55. The Morgan fingerprint density at radius 2 is 1.72 bits per heavy atom. The first-order chi connectivity index (χ1) is 8.21. The van der Waals surface area contributed by atoms with E-state index in [1.165, 1.54) is 16.4 Å². The Morgan fingerprint density at radius 3 is 2.11 bits per heavy atom. The largest absolute Gasteiger partial charge is 0.243 e. The maximum Gasteiger partial charge on any atom is 0.243 e. The van der Waals surface area contributed by atoms with Crippen molar-refractivity contribution in [2.24, 2.45) is 0 Å². The number of rotatable bonds is 4. The van der Waals surface area contributed by atoms with Gasteiger partial charge in [-0.2, -0.15) is 4.31 Å². The number of sulfonamides is 1. The number of aryl methyl sites for hydroxylation is 2. The van der Waals surface area contributed by atoms with Gasteiger partial charge in [0.25, 0.3) is 0 Å². The molecule has 18 heavy (non-hydrogen) atoms. The average Bonchev–Trinajstić information content (AvgIpc) is 2.24. The van der Waals surface area contributed by atoms with Crippen LogP contribution in [0.4, 0.5) is 4.39 Å². The molecule has 1 rings (SSSR count). The van der Waals surface area contributed by atoms with Crippen LogP contribution < -0.4 is 0 Å². The second kappa shape index (κ2) is 5.36. The molecular weight excluding hydrogens is 253 g/mol. The summed E-state index contributed by atoms with van der Waals surface area (Å²) in [4.78, 5) is 0.215. The van der Waals surface area contributed by atoms with Crippen LogP contribution >= 0.6 is 0 Å². The van der Waals surface area contributed by atoms with Crippen molar-refractivity contribution in [2.75, 3.05) is 7.05 Å². The maximum absolute atomic E-state index is 13.2. The van der Waals surface area contributed by atoms with Gasteiger partial charge in [-0.25, -0.2) is 12.8 Å². The smallest absolute Gasteiger partial charge is 0.207 e. The zero-order valence-electron chi connectivity index (χ0n) is 11.5. The Hall–Kier alpha value is -0.940. The van der Waals surface area contributed by atoms with Crippen molar-refractivity contribution in [3.63, 3.8) is 0 Å². The first-order valence-electron chi connectivity index (χ1n) is 5.96. The van der Waals surface area contributed by atoms with Crippen molar-refractivity contribution in [1.82, 2.24) is 4.31 Å². The van der Waals surface area contributed by atoms with Gasteiger partial charge in [0.1, 0.15) is 5.82 Å². The third-order valence-electron chi connectivity index (χ3n) is 3.27. The molecule has 1 aromatic rings. The summed E-state index contributed by atoms with van der Waals surface area (Å²) in [6, 6.07) is 2.42. The van der Waals surface area contributed by atoms with Gasteiger partial charge < -0.3 is 0 Å². The molecule has 0 aromatic heterocycles. The lowest BCUT2D eigenvalue weighted by atomic mass is 10.1. The van der Waals surface area contributed by atoms with Gasteiger partial charge in [-0.15, -0.1) is 0 Å². The monoisotopic (exact) mass is 273 g/mol. The second-order valence-corrected chi connectivity index (χ2v) is 6.58. The highest BCUT2D eigenvalue weighted by Gasteiger charge is 2.27. The molecule has 3 nitrogen and oxygen atoms in total. The number of hydrogen-bond acceptors (Lipinski definition) is 2. The van der Waals surface area contributed by atoms with E-state index in [1.54, 1.807) is 20.9 Å². The van der Waals surface area contributed by atoms with E-state index in [0.29, 0.717) is 11.1 Å². The molecule has 0 bridgehead atoms. The quantitative estimate of drug-likeness (QED) is 0.846. The van der Waals surface area contributed by atoms with E-state index in [9.17, 15) is 12.8 Å². The Labute approximate surface area is 109 Å². The SMILES string of the molecule is CCC(C)N(C)S(=O)(=O)c1c(C)cc(F)cc1C. The Balaban J connectivity index is 3.38. The molecule has 102 valence electrons. The fourth-order valence-electron chi connectivity index (χ4n) is 1.94. The summed E-state index contributed by atoms with van der Waals surface area (Å²) < 4.78 is 39.5. The second-order valence-electron chi connectivity index (χ2n) is 4.65. The lowest BCUT2D eigenvalue weighted by molar-refractivity contribution is 0.380. The summed E-state index contributed by atoms with van der Waals surface area (Å²) in [5.74, 6) is -0.407. The number of hydrogen-bond donors (Lipinski definition) is 0. The van der Waals surface area contributed by atoms with Crippen molar-refractivity contribution in [2.45, 2.75) is 45.1 Å². The summed E-state index contributed by atoms with van der Waals surface area (Å²) >= 11 is 0. The lowest BCUT2D eigenvalue weighted by Gasteiger charge is -2.25. The minimum absolute atomic E-state index is 0.0844. The van der Waals surface area contributed by atoms with Gasteiger partial charge >= 0.3 is 0 Å². The molecule has 1 aromatic carbocycles. The van der Waals surface area contributed by atoms with Crippen LogP contribution in [0.3, 0.4) is 0 Å². The Morgan fingerprint density at radius 1 is 1.28 bits per heavy atom. The van der Waals surface area contributed by atoms with E-state index in [-0.39, 0.29) is 10.9 Å². The molecule has 1 atom stereocenters. The van der Waals surface area contributed by atoms with Crippen molar-refractivity contribution in [1.29, 1.82) is 0 Å². The number of halogens is 1. The van der Waals surface area contributed by atoms with Crippen molar-refractivity contribution in [3.05, 3.63) is 29.1 Å². The highest BCUT2D eigenvalue weighted by atomic mass is 32.2. The topological polar surface area (TPSA) is 37.4 Å². The zero-order valence-corrected chi connectivity index (χ0v) is 12.3. The van der Waals surface area contributed by atoms with Crippen LogP contribution in [-0.4, -0.2) is 25.8 Å². The van der Waals surface area contributed by atoms with Crippen molar-refractivity contribution in [3.8, 4) is 0 Å². The van der Waals surface area contributed by atoms with Gasteiger partial charge in [0.05, 0.1) is 4.90 Å². The summed E-state index contributed by atoms with van der Waals surface area (Å²) in [5.41, 5.74) is 0.894. The fourth-order valence-corrected chi connectivity index (χ4v) is 3.78. The first-order valence-corrected chi connectivity index (χ1v) is 7.40. The first kappa shape index (κ1) is 15.1. The van der Waals surface area contributed by atoms with Crippen LogP contribution in [0.15, 0.2) is 17.0 Å². The minimum Gasteiger partial charge on any atom is -0.207 e. The van der Waals surface area contributed by atoms with Crippen LogP contribution in [0.1, 0.15) is 31.4 Å². The molecule has 0 aliphatic rings. The summed E-state index contributed by atoms with van der Waals surface area (Å²) in [5, 5.41) is 0. The standard InChI is InChI=1S/C13H20FNO2S/c1-6-11(4)15(5)18(16,17)13-9(2)7-12(14)8-10(13)3/h7-8,11H,6H2,1-5H3. The van der Waals surface area contributed by atoms with Gasteiger partial charge in [-0.1, -0.05) is 6.92 Å². The predicted molar refractivity (Wildman–Crippen MR) is 70.6 cm³/mol. The van der Waals surface area contributed by atoms with E-state index in [2.05, 4.69) is 0 Å². The minimum atomic E-state index is -3.56. The summed E-state index contributed by atoms with van der Waals surface area (Å²) in [7, 11) is -2.00. The molecule has 0 N–H and O–H groups in total. The zero-order chi connectivity index (χ0) is 14.1. The van der Waals surface area contributed by atoms with Gasteiger partial charge in [0, 0.05) is 13.1 Å². The lowest BCUT2D eigenvalue weighted by Crippen LogP contribution is -2.35. The number of nitrogens with zero attached hydrogens (tertiary/aromatic N) is 1. The summed E-state index contributed by atoms with van der Waals surface area (Å²) in [6.07, 6.45) is 0.731. The van der Waals surface area contributed by atoms with E-state index < -0.39 is 15.8 Å². The average molecular weight is 273 g/mol. The van der Waals surface area contributed by atoms with Crippen molar-refractivity contribution >= 4 is 10.0 Å². The van der Waals surface area contributed by atoms with Crippen LogP contribution in [-0.2, 0) is 10.0 Å². The Kier molecular flexibility index (Phi) is 4.50. The fraction of sp³-hybridized carbons (Fsp3) is 0.538. The van der Waals surface area contributed by atoms with Crippen LogP contribution in [0, 0.1) is 19.7 Å². The van der Waals surface area contributed by atoms with Crippen LogP contribution in [0.25, 0.3) is 0 Å². The third kappa shape index (κ3) is 2.72. The van der Waals surface area contributed by atoms with E-state index in [4.69, 9.17) is 0 Å². The van der Waals surface area contributed by atoms with Crippen LogP contribution in [0.5, 0.6) is 0 Å². The molecule has 5 heteroatoms. The molecule has 0 heterocycles. The summed E-state index contributed by atoms with van der Waals surface area (Å²) in [6.45, 7) is 7.02. The molecule has 0 radical (unpaired) electrons. The van der Waals surface area contributed by atoms with Gasteiger partial charge in [0.15, 0.2) is 0 Å². The predicted octanol–water partition coefficient (Wildman–Crippen LogP) is 2.86. The van der Waals surface area contributed by atoms with E-state index in [0.717, 1.165) is 6.42 Å². The number of benzene rings is 1. The Bertz CT molecular complexity index is 517. The van der Waals surface area contributed by atoms with Gasteiger partial charge in [-0.3, -0.25) is 0 Å². The van der Waals surface area contributed by atoms with Crippen molar-refractivity contribution < 1.29 is 12.8 Å². The van der Waals surface area contributed by atoms with Gasteiger partial charge in [-0.05, 0) is 50.5 Å². The molecule has 0 spiro atoms. The van der Waals surface area contributed by atoms with Crippen LogP contribution in [0.2, 0.25) is 0 Å². The van der Waals surface area contributed by atoms with E-state index >= 15 is 0 Å². The molecule has 0 fully saturated rings. The van der Waals surface area contributed by atoms with Gasteiger partial charge in [0.2, 0.25) is 10.0 Å². The molecule has 0 saturated carbocycles. The molecule has 0 saturated heterocycles. The highest BCUT2D eigenvalue weighted by Crippen LogP contribution is 2.25. The normalized spacial score (nSPS) is 13.9. The maximum atomic E-state index is 13.2. The molecule has 0 amide bonds. The molecular formula is C13H20FNO2S. The van der Waals surface area contributed by atoms with E-state index in [1.807, 2.05) is 13.8 Å². The molecule has 0 aliphatic carbocycles. The molecule has 0 aliphatic heterocycles. The molecule has 1 unspecified atom stereocenters. The highest BCUT2D eigenvalue weighted by molar-refractivity contribution is 7.89.